The molecule has 1 heterocycles. The topological polar surface area (TPSA) is 228 Å². The Bertz CT molecular complexity index is 776. The number of carbonyl (C=O) groups is 6. The lowest BCUT2D eigenvalue weighted by Crippen LogP contribution is -2.58. The molecular formula is C20H33N5O9. The van der Waals surface area contributed by atoms with E-state index in [2.05, 4.69) is 16.0 Å². The molecule has 1 saturated heterocycles. The molecule has 0 aromatic carbocycles. The monoisotopic (exact) mass is 487 g/mol. The van der Waals surface area contributed by atoms with Crippen molar-refractivity contribution in [2.45, 2.75) is 69.6 Å². The standard InChI is InChI=1S/C20H33N5O9/c1-11(27)22-14(10-26)18(31)24-13(9-16(28)29)17(30)23-12(5-2-3-7-21)19(32)25-8-4-6-15(25)20(33)34/h12-15,26H,2-10,21H2,1H3,(H,22,27)(H,23,30)(H,24,31)(H,28,29)(H,33,34)/t12-,13-,14-,15-/m0/s1. The SMILES string of the molecule is CC(=O)N[C@@H](CO)C(=O)N[C@@H](CC(=O)O)C(=O)N[C@@H](CCCCN)C(=O)N1CCC[C@H]1C(=O)O. The Balaban J connectivity index is 3.03. The fourth-order valence-electron chi connectivity index (χ4n) is 3.61. The maximum Gasteiger partial charge on any atom is 0.326 e. The van der Waals surface area contributed by atoms with E-state index < -0.39 is 72.8 Å². The van der Waals surface area contributed by atoms with Crippen LogP contribution in [0.4, 0.5) is 0 Å². The van der Waals surface area contributed by atoms with Gasteiger partial charge in [0.2, 0.25) is 23.6 Å². The quantitative estimate of drug-likeness (QED) is 0.124. The van der Waals surface area contributed by atoms with Gasteiger partial charge < -0.3 is 41.9 Å². The van der Waals surface area contributed by atoms with Crippen LogP contribution in [0.5, 0.6) is 0 Å². The van der Waals surface area contributed by atoms with Gasteiger partial charge in [0.1, 0.15) is 24.2 Å². The Morgan fingerprint density at radius 3 is 2.12 bits per heavy atom. The van der Waals surface area contributed by atoms with Crippen LogP contribution in [0.2, 0.25) is 0 Å². The molecule has 0 unspecified atom stereocenters. The molecule has 4 atom stereocenters. The van der Waals surface area contributed by atoms with E-state index in [1.165, 1.54) is 4.90 Å². The zero-order valence-electron chi connectivity index (χ0n) is 19.0. The summed E-state index contributed by atoms with van der Waals surface area (Å²) in [6.45, 7) is 0.846. The molecule has 0 saturated carbocycles. The van der Waals surface area contributed by atoms with Gasteiger partial charge in [0, 0.05) is 13.5 Å². The Morgan fingerprint density at radius 1 is 0.971 bits per heavy atom. The number of nitrogens with two attached hydrogens (primary N) is 1. The van der Waals surface area contributed by atoms with E-state index in [1.54, 1.807) is 0 Å². The Labute approximate surface area is 196 Å². The number of amides is 4. The number of hydrogen-bond acceptors (Lipinski definition) is 8. The third-order valence-electron chi connectivity index (χ3n) is 5.27. The number of likely N-dealkylation sites (tertiary alicyclic amines) is 1. The predicted octanol–water partition coefficient (Wildman–Crippen LogP) is -2.87. The molecular weight excluding hydrogens is 454 g/mol. The molecule has 0 spiro atoms. The fourth-order valence-corrected chi connectivity index (χ4v) is 3.61. The van der Waals surface area contributed by atoms with E-state index in [0.29, 0.717) is 25.8 Å². The Kier molecular flexibility index (Phi) is 11.9. The number of nitrogens with zero attached hydrogens (tertiary/aromatic N) is 1. The molecule has 0 bridgehead atoms. The summed E-state index contributed by atoms with van der Waals surface area (Å²) in [5.74, 6) is -5.80. The van der Waals surface area contributed by atoms with Crippen LogP contribution in [-0.2, 0) is 28.8 Å². The van der Waals surface area contributed by atoms with Crippen molar-refractivity contribution in [3.8, 4) is 0 Å². The van der Waals surface area contributed by atoms with Crippen LogP contribution in [0.1, 0.15) is 45.4 Å². The number of carbonyl (C=O) groups excluding carboxylic acids is 4. The van der Waals surface area contributed by atoms with Gasteiger partial charge in [-0.15, -0.1) is 0 Å². The highest BCUT2D eigenvalue weighted by molar-refractivity contribution is 5.96. The molecule has 0 aliphatic carbocycles. The van der Waals surface area contributed by atoms with E-state index in [9.17, 15) is 39.0 Å². The zero-order valence-corrected chi connectivity index (χ0v) is 19.0. The summed E-state index contributed by atoms with van der Waals surface area (Å²) in [7, 11) is 0. The first kappa shape index (κ1) is 28.8. The van der Waals surface area contributed by atoms with Crippen molar-refractivity contribution < 1.29 is 44.1 Å². The summed E-state index contributed by atoms with van der Waals surface area (Å²) in [6, 6.07) is -5.22. The molecule has 1 aliphatic rings. The van der Waals surface area contributed by atoms with Crippen LogP contribution in [0.3, 0.4) is 0 Å². The van der Waals surface area contributed by atoms with Crippen LogP contribution in [0.25, 0.3) is 0 Å². The third-order valence-corrected chi connectivity index (χ3v) is 5.27. The van der Waals surface area contributed by atoms with Crippen molar-refractivity contribution in [2.24, 2.45) is 5.73 Å². The highest BCUT2D eigenvalue weighted by atomic mass is 16.4. The van der Waals surface area contributed by atoms with Crippen LogP contribution < -0.4 is 21.7 Å². The van der Waals surface area contributed by atoms with Gasteiger partial charge in [-0.3, -0.25) is 24.0 Å². The van der Waals surface area contributed by atoms with Crippen molar-refractivity contribution >= 4 is 35.6 Å². The number of hydrogen-bond donors (Lipinski definition) is 7. The largest absolute Gasteiger partial charge is 0.481 e. The molecule has 14 nitrogen and oxygen atoms in total. The molecule has 8 N–H and O–H groups in total. The summed E-state index contributed by atoms with van der Waals surface area (Å²) in [4.78, 5) is 73.4. The highest BCUT2D eigenvalue weighted by Gasteiger charge is 2.38. The van der Waals surface area contributed by atoms with E-state index in [0.717, 1.165) is 6.92 Å². The van der Waals surface area contributed by atoms with E-state index in [4.69, 9.17) is 10.8 Å². The minimum atomic E-state index is -1.62. The summed E-state index contributed by atoms with van der Waals surface area (Å²) in [5, 5.41) is 34.6. The molecule has 192 valence electrons. The summed E-state index contributed by atoms with van der Waals surface area (Å²) in [6.07, 6.45) is 1.02. The van der Waals surface area contributed by atoms with Crippen molar-refractivity contribution in [3.63, 3.8) is 0 Å². The highest BCUT2D eigenvalue weighted by Crippen LogP contribution is 2.20. The zero-order chi connectivity index (χ0) is 25.8. The first-order valence-corrected chi connectivity index (χ1v) is 11.0. The lowest BCUT2D eigenvalue weighted by molar-refractivity contribution is -0.149. The maximum absolute atomic E-state index is 13.1. The molecule has 4 amide bonds. The van der Waals surface area contributed by atoms with Gasteiger partial charge in [0.15, 0.2) is 0 Å². The minimum Gasteiger partial charge on any atom is -0.481 e. The number of unbranched alkanes of at least 4 members (excludes halogenated alkanes) is 1. The van der Waals surface area contributed by atoms with Crippen LogP contribution in [0, 0.1) is 0 Å². The third kappa shape index (κ3) is 8.94. The first-order valence-electron chi connectivity index (χ1n) is 11.0. The smallest absolute Gasteiger partial charge is 0.326 e. The second kappa shape index (κ2) is 14.1. The van der Waals surface area contributed by atoms with Crippen LogP contribution in [-0.4, -0.2) is 99.7 Å². The second-order valence-electron chi connectivity index (χ2n) is 7.97. The number of aliphatic hydroxyl groups excluding tert-OH is 1. The normalized spacial score (nSPS) is 17.9. The van der Waals surface area contributed by atoms with Gasteiger partial charge >= 0.3 is 11.9 Å². The molecule has 1 fully saturated rings. The van der Waals surface area contributed by atoms with Crippen LogP contribution >= 0.6 is 0 Å². The number of nitrogens with one attached hydrogen (secondary N) is 3. The maximum atomic E-state index is 13.1. The van der Waals surface area contributed by atoms with Gasteiger partial charge in [-0.2, -0.15) is 0 Å². The number of aliphatic carboxylic acids is 2. The number of aliphatic hydroxyl groups is 1. The molecule has 1 rings (SSSR count). The average molecular weight is 488 g/mol. The summed E-state index contributed by atoms with van der Waals surface area (Å²) < 4.78 is 0. The van der Waals surface area contributed by atoms with Crippen molar-refractivity contribution in [1.29, 1.82) is 0 Å². The minimum absolute atomic E-state index is 0.128. The van der Waals surface area contributed by atoms with Gasteiger partial charge in [-0.05, 0) is 38.6 Å². The van der Waals surface area contributed by atoms with E-state index >= 15 is 0 Å². The van der Waals surface area contributed by atoms with Gasteiger partial charge in [-0.1, -0.05) is 0 Å². The van der Waals surface area contributed by atoms with Crippen molar-refractivity contribution in [3.05, 3.63) is 0 Å². The van der Waals surface area contributed by atoms with E-state index in [-0.39, 0.29) is 19.4 Å². The molecule has 0 aromatic heterocycles. The number of rotatable bonds is 14. The number of carboxylic acid groups (broad SMARTS) is 2. The van der Waals surface area contributed by atoms with Crippen molar-refractivity contribution in [1.82, 2.24) is 20.9 Å². The Hall–Kier alpha value is -3.26. The van der Waals surface area contributed by atoms with E-state index in [1.807, 2.05) is 0 Å². The van der Waals surface area contributed by atoms with Crippen molar-refractivity contribution in [2.75, 3.05) is 19.7 Å². The summed E-state index contributed by atoms with van der Waals surface area (Å²) in [5.41, 5.74) is 5.49. The molecule has 0 aromatic rings. The molecule has 0 radical (unpaired) electrons. The Morgan fingerprint density at radius 2 is 1.59 bits per heavy atom. The molecule has 14 heteroatoms. The van der Waals surface area contributed by atoms with Crippen LogP contribution in [0.15, 0.2) is 0 Å². The van der Waals surface area contributed by atoms with Gasteiger partial charge in [-0.25, -0.2) is 4.79 Å². The fraction of sp³-hybridized carbons (Fsp3) is 0.700. The lowest BCUT2D eigenvalue weighted by atomic mass is 10.1. The summed E-state index contributed by atoms with van der Waals surface area (Å²) >= 11 is 0. The first-order chi connectivity index (χ1) is 16.0. The molecule has 1 aliphatic heterocycles. The number of carboxylic acids is 2. The second-order valence-corrected chi connectivity index (χ2v) is 7.97. The lowest BCUT2D eigenvalue weighted by Gasteiger charge is -2.29. The predicted molar refractivity (Wildman–Crippen MR) is 116 cm³/mol. The average Bonchev–Trinajstić information content (AvgIpc) is 3.25. The molecule has 34 heavy (non-hydrogen) atoms. The van der Waals surface area contributed by atoms with Gasteiger partial charge in [0.05, 0.1) is 13.0 Å². The van der Waals surface area contributed by atoms with Gasteiger partial charge in [0.25, 0.3) is 0 Å².